The van der Waals surface area contributed by atoms with Crippen LogP contribution in [0.15, 0.2) is 11.6 Å². The van der Waals surface area contributed by atoms with Crippen molar-refractivity contribution in [3.8, 4) is 0 Å². The summed E-state index contributed by atoms with van der Waals surface area (Å²) in [6.45, 7) is 11.4. The number of carbonyl (C=O) groups is 1. The molecule has 1 spiro atoms. The van der Waals surface area contributed by atoms with Gasteiger partial charge in [0.2, 0.25) is 0 Å². The molecule has 3 nitrogen and oxygen atoms in total. The highest BCUT2D eigenvalue weighted by molar-refractivity contribution is 5.87. The first-order chi connectivity index (χ1) is 13.2. The van der Waals surface area contributed by atoms with Crippen molar-refractivity contribution < 1.29 is 14.6 Å². The lowest BCUT2D eigenvalue weighted by Gasteiger charge is -2.65. The number of fused-ring (bicyclic) bond motifs is 3. The molecular weight excluding hydrogens is 348 g/mol. The number of hydrogen-bond acceptors (Lipinski definition) is 3. The molecular formula is C25H40O3. The van der Waals surface area contributed by atoms with E-state index >= 15 is 0 Å². The molecule has 7 atom stereocenters. The van der Waals surface area contributed by atoms with Crippen LogP contribution in [-0.4, -0.2) is 23.8 Å². The zero-order chi connectivity index (χ0) is 20.3. The van der Waals surface area contributed by atoms with E-state index in [0.717, 1.165) is 18.3 Å². The molecule has 0 aliphatic heterocycles. The van der Waals surface area contributed by atoms with Crippen molar-refractivity contribution in [3.05, 3.63) is 11.6 Å². The molecule has 158 valence electrons. The van der Waals surface area contributed by atoms with Gasteiger partial charge in [-0.25, -0.2) is 4.79 Å². The maximum atomic E-state index is 12.5. The first-order valence-electron chi connectivity index (χ1n) is 11.6. The maximum Gasteiger partial charge on any atom is 0.333 e. The lowest BCUT2D eigenvalue weighted by atomic mass is 9.41. The van der Waals surface area contributed by atoms with Gasteiger partial charge < -0.3 is 9.84 Å². The first kappa shape index (κ1) is 20.4. The average Bonchev–Trinajstić information content (AvgIpc) is 2.93. The van der Waals surface area contributed by atoms with E-state index in [2.05, 4.69) is 20.8 Å². The van der Waals surface area contributed by atoms with Crippen molar-refractivity contribution in [1.82, 2.24) is 0 Å². The SMILES string of the molecule is CC=C(C)C(=O)OC1CCC2(C)C3CCC4CC3(CCC2C1(C)C)CC4CO. The van der Waals surface area contributed by atoms with Gasteiger partial charge in [-0.15, -0.1) is 0 Å². The standard InChI is InChI=1S/C25H40O3/c1-6-16(2)22(27)28-21-10-11-24(5)19(23(21,3)4)9-12-25-13-17(7-8-20(24)25)18(14-25)15-26/h6,17-21,26H,7-15H2,1-5H3. The van der Waals surface area contributed by atoms with E-state index in [1.807, 2.05) is 19.9 Å². The van der Waals surface area contributed by atoms with E-state index in [9.17, 15) is 9.90 Å². The summed E-state index contributed by atoms with van der Waals surface area (Å²) in [4.78, 5) is 12.5. The Morgan fingerprint density at radius 1 is 1.07 bits per heavy atom. The minimum atomic E-state index is -0.140. The molecule has 0 saturated heterocycles. The molecule has 4 aliphatic rings. The minimum absolute atomic E-state index is 0.0180. The second kappa shape index (κ2) is 6.86. The molecule has 7 unspecified atom stereocenters. The Kier molecular flexibility index (Phi) is 5.01. The lowest BCUT2D eigenvalue weighted by Crippen LogP contribution is -2.59. The van der Waals surface area contributed by atoms with Crippen LogP contribution in [0.3, 0.4) is 0 Å². The van der Waals surface area contributed by atoms with Crippen LogP contribution in [0, 0.1) is 39.9 Å². The van der Waals surface area contributed by atoms with E-state index in [1.54, 1.807) is 0 Å². The third-order valence-corrected chi connectivity index (χ3v) is 10.0. The van der Waals surface area contributed by atoms with Crippen molar-refractivity contribution in [2.24, 2.45) is 39.9 Å². The average molecular weight is 389 g/mol. The third-order valence-electron chi connectivity index (χ3n) is 10.0. The minimum Gasteiger partial charge on any atom is -0.458 e. The van der Waals surface area contributed by atoms with E-state index < -0.39 is 0 Å². The third kappa shape index (κ3) is 2.82. The predicted octanol–water partition coefficient (Wildman–Crippen LogP) is 5.52. The number of aliphatic hydroxyl groups is 1. The second-order valence-corrected chi connectivity index (χ2v) is 11.4. The van der Waals surface area contributed by atoms with Crippen molar-refractivity contribution in [3.63, 3.8) is 0 Å². The second-order valence-electron chi connectivity index (χ2n) is 11.4. The Balaban J connectivity index is 1.59. The molecule has 0 amide bonds. The van der Waals surface area contributed by atoms with Crippen LogP contribution >= 0.6 is 0 Å². The molecule has 0 aromatic carbocycles. The van der Waals surface area contributed by atoms with Gasteiger partial charge in [0, 0.05) is 17.6 Å². The number of rotatable bonds is 3. The topological polar surface area (TPSA) is 46.5 Å². The Bertz CT molecular complexity index is 665. The van der Waals surface area contributed by atoms with Gasteiger partial charge in [-0.05, 0) is 99.7 Å². The summed E-state index contributed by atoms with van der Waals surface area (Å²) in [5.74, 6) is 2.55. The summed E-state index contributed by atoms with van der Waals surface area (Å²) in [5.41, 5.74) is 1.55. The molecule has 4 saturated carbocycles. The number of ether oxygens (including phenoxy) is 1. The smallest absolute Gasteiger partial charge is 0.333 e. The molecule has 0 heterocycles. The number of hydrogen-bond donors (Lipinski definition) is 1. The molecule has 2 bridgehead atoms. The van der Waals surface area contributed by atoms with Crippen LogP contribution in [-0.2, 0) is 9.53 Å². The summed E-state index contributed by atoms with van der Waals surface area (Å²) in [5, 5.41) is 9.91. The van der Waals surface area contributed by atoms with Gasteiger partial charge in [-0.1, -0.05) is 26.8 Å². The van der Waals surface area contributed by atoms with Crippen LogP contribution in [0.5, 0.6) is 0 Å². The summed E-state index contributed by atoms with van der Waals surface area (Å²) in [7, 11) is 0. The molecule has 28 heavy (non-hydrogen) atoms. The molecule has 1 N–H and O–H groups in total. The molecule has 3 heteroatoms. The summed E-state index contributed by atoms with van der Waals surface area (Å²) >= 11 is 0. The molecule has 0 aromatic heterocycles. The van der Waals surface area contributed by atoms with Gasteiger partial charge in [0.15, 0.2) is 0 Å². The Labute approximate surface area is 171 Å². The largest absolute Gasteiger partial charge is 0.458 e. The van der Waals surface area contributed by atoms with E-state index in [0.29, 0.717) is 34.8 Å². The predicted molar refractivity (Wildman–Crippen MR) is 112 cm³/mol. The zero-order valence-corrected chi connectivity index (χ0v) is 18.6. The van der Waals surface area contributed by atoms with E-state index in [-0.39, 0.29) is 17.5 Å². The number of carbonyl (C=O) groups excluding carboxylic acids is 1. The molecule has 4 fully saturated rings. The van der Waals surface area contributed by atoms with Crippen LogP contribution < -0.4 is 0 Å². The van der Waals surface area contributed by atoms with Gasteiger partial charge in [0.05, 0.1) is 0 Å². The van der Waals surface area contributed by atoms with Crippen molar-refractivity contribution in [2.75, 3.05) is 6.61 Å². The molecule has 0 aromatic rings. The first-order valence-corrected chi connectivity index (χ1v) is 11.6. The highest BCUT2D eigenvalue weighted by atomic mass is 16.5. The fourth-order valence-electron chi connectivity index (χ4n) is 8.56. The van der Waals surface area contributed by atoms with E-state index in [4.69, 9.17) is 4.74 Å². The van der Waals surface area contributed by atoms with E-state index in [1.165, 1.54) is 44.9 Å². The van der Waals surface area contributed by atoms with Crippen molar-refractivity contribution in [2.45, 2.75) is 92.1 Å². The van der Waals surface area contributed by atoms with Gasteiger partial charge in [-0.2, -0.15) is 0 Å². The van der Waals surface area contributed by atoms with Crippen LogP contribution in [0.2, 0.25) is 0 Å². The van der Waals surface area contributed by atoms with Crippen molar-refractivity contribution >= 4 is 5.97 Å². The highest BCUT2D eigenvalue weighted by Crippen LogP contribution is 2.72. The van der Waals surface area contributed by atoms with Crippen molar-refractivity contribution in [1.29, 1.82) is 0 Å². The van der Waals surface area contributed by atoms with Gasteiger partial charge in [0.1, 0.15) is 6.10 Å². The number of aliphatic hydroxyl groups excluding tert-OH is 1. The van der Waals surface area contributed by atoms with Gasteiger partial charge in [-0.3, -0.25) is 0 Å². The Hall–Kier alpha value is -0.830. The van der Waals surface area contributed by atoms with Crippen LogP contribution in [0.4, 0.5) is 0 Å². The Morgan fingerprint density at radius 2 is 1.82 bits per heavy atom. The molecule has 4 rings (SSSR count). The highest BCUT2D eigenvalue weighted by Gasteiger charge is 2.65. The van der Waals surface area contributed by atoms with Gasteiger partial charge >= 0.3 is 5.97 Å². The lowest BCUT2D eigenvalue weighted by molar-refractivity contribution is -0.196. The monoisotopic (exact) mass is 388 g/mol. The van der Waals surface area contributed by atoms with Gasteiger partial charge in [0.25, 0.3) is 0 Å². The molecule has 0 radical (unpaired) electrons. The number of allylic oxidation sites excluding steroid dienone is 1. The van der Waals surface area contributed by atoms with Crippen LogP contribution in [0.25, 0.3) is 0 Å². The quantitative estimate of drug-likeness (QED) is 0.512. The fraction of sp³-hybridized carbons (Fsp3) is 0.880. The number of esters is 1. The summed E-state index contributed by atoms with van der Waals surface area (Å²) in [6.07, 6.45) is 11.8. The normalized spacial score (nSPS) is 47.2. The van der Waals surface area contributed by atoms with Crippen LogP contribution in [0.1, 0.15) is 86.0 Å². The maximum absolute atomic E-state index is 12.5. The summed E-state index contributed by atoms with van der Waals surface area (Å²) in [6, 6.07) is 0. The Morgan fingerprint density at radius 3 is 2.50 bits per heavy atom. The summed E-state index contributed by atoms with van der Waals surface area (Å²) < 4.78 is 6.04. The fourth-order valence-corrected chi connectivity index (χ4v) is 8.56. The molecule has 4 aliphatic carbocycles. The zero-order valence-electron chi connectivity index (χ0n) is 18.6.